The van der Waals surface area contributed by atoms with E-state index in [0.717, 1.165) is 37.2 Å². The number of nitrogens with zero attached hydrogens (tertiary/aromatic N) is 3. The molecule has 25 heavy (non-hydrogen) atoms. The second-order valence-electron chi connectivity index (χ2n) is 6.43. The molecule has 1 aromatic heterocycles. The molecule has 124 valence electrons. The van der Waals surface area contributed by atoms with Crippen molar-refractivity contribution in [1.82, 2.24) is 14.9 Å². The molecule has 4 nitrogen and oxygen atoms in total. The summed E-state index contributed by atoms with van der Waals surface area (Å²) in [6.07, 6.45) is 3.78. The molecule has 0 unspecified atom stereocenters. The number of rotatable bonds is 4. The van der Waals surface area contributed by atoms with Crippen LogP contribution in [0.1, 0.15) is 34.1 Å². The first-order valence-corrected chi connectivity index (χ1v) is 8.65. The number of benzene rings is 2. The number of fused-ring (bicyclic) bond motifs is 1. The number of hydrogen-bond acceptors (Lipinski definition) is 3. The molecular formula is C21H20N4. The van der Waals surface area contributed by atoms with Crippen molar-refractivity contribution in [3.8, 4) is 6.07 Å². The molecule has 0 amide bonds. The molecule has 4 heteroatoms. The smallest absolute Gasteiger partial charge is 0.0991 e. The van der Waals surface area contributed by atoms with Crippen LogP contribution in [0.3, 0.4) is 0 Å². The van der Waals surface area contributed by atoms with Gasteiger partial charge in [-0.15, -0.1) is 0 Å². The summed E-state index contributed by atoms with van der Waals surface area (Å²) >= 11 is 0. The number of hydrogen-bond donors (Lipinski definition) is 1. The van der Waals surface area contributed by atoms with Crippen LogP contribution in [0.2, 0.25) is 0 Å². The Kier molecular flexibility index (Phi) is 4.32. The van der Waals surface area contributed by atoms with Crippen molar-refractivity contribution in [2.24, 2.45) is 0 Å². The van der Waals surface area contributed by atoms with Gasteiger partial charge in [0.05, 0.1) is 29.7 Å². The van der Waals surface area contributed by atoms with E-state index >= 15 is 0 Å². The van der Waals surface area contributed by atoms with Gasteiger partial charge in [0, 0.05) is 25.2 Å². The highest BCUT2D eigenvalue weighted by atomic mass is 15.2. The van der Waals surface area contributed by atoms with Gasteiger partial charge in [0.1, 0.15) is 0 Å². The molecule has 0 saturated carbocycles. The van der Waals surface area contributed by atoms with E-state index in [1.807, 2.05) is 18.2 Å². The molecule has 1 aliphatic heterocycles. The third kappa shape index (κ3) is 3.19. The van der Waals surface area contributed by atoms with Gasteiger partial charge in [-0.25, -0.2) is 4.98 Å². The molecule has 1 aliphatic rings. The third-order valence-electron chi connectivity index (χ3n) is 4.89. The highest BCUT2D eigenvalue weighted by Crippen LogP contribution is 2.33. The summed E-state index contributed by atoms with van der Waals surface area (Å²) in [7, 11) is 0. The fourth-order valence-electron chi connectivity index (χ4n) is 3.63. The molecule has 0 saturated heterocycles. The summed E-state index contributed by atoms with van der Waals surface area (Å²) in [6.45, 7) is 1.96. The van der Waals surface area contributed by atoms with Gasteiger partial charge < -0.3 is 4.98 Å². The fraction of sp³-hybridized carbons (Fsp3) is 0.238. The summed E-state index contributed by atoms with van der Waals surface area (Å²) in [5.74, 6) is 0. The van der Waals surface area contributed by atoms with E-state index in [1.54, 1.807) is 6.33 Å². The van der Waals surface area contributed by atoms with Gasteiger partial charge in [0.2, 0.25) is 0 Å². The predicted molar refractivity (Wildman–Crippen MR) is 97.0 cm³/mol. The lowest BCUT2D eigenvalue weighted by molar-refractivity contribution is 0.211. The van der Waals surface area contributed by atoms with Crippen LogP contribution in [0.4, 0.5) is 0 Å². The molecule has 3 aromatic rings. The Morgan fingerprint density at radius 1 is 1.16 bits per heavy atom. The second-order valence-corrected chi connectivity index (χ2v) is 6.43. The molecule has 1 N–H and O–H groups in total. The topological polar surface area (TPSA) is 55.7 Å². The van der Waals surface area contributed by atoms with E-state index < -0.39 is 0 Å². The van der Waals surface area contributed by atoms with Crippen molar-refractivity contribution < 1.29 is 0 Å². The van der Waals surface area contributed by atoms with Crippen molar-refractivity contribution in [3.63, 3.8) is 0 Å². The van der Waals surface area contributed by atoms with Crippen molar-refractivity contribution in [2.45, 2.75) is 18.9 Å². The van der Waals surface area contributed by atoms with Gasteiger partial charge in [0.25, 0.3) is 0 Å². The van der Waals surface area contributed by atoms with Gasteiger partial charge in [-0.1, -0.05) is 42.5 Å². The van der Waals surface area contributed by atoms with E-state index in [4.69, 9.17) is 0 Å². The summed E-state index contributed by atoms with van der Waals surface area (Å²) in [6, 6.07) is 20.8. The quantitative estimate of drug-likeness (QED) is 0.798. The number of aromatic nitrogens is 2. The van der Waals surface area contributed by atoms with Crippen molar-refractivity contribution in [2.75, 3.05) is 13.1 Å². The lowest BCUT2D eigenvalue weighted by Gasteiger charge is -2.35. The number of H-pyrrole nitrogens is 1. The normalized spacial score (nSPS) is 17.0. The Morgan fingerprint density at radius 3 is 2.88 bits per heavy atom. The number of nitrogens with one attached hydrogen (secondary N) is 1. The van der Waals surface area contributed by atoms with E-state index in [2.05, 4.69) is 57.3 Å². The van der Waals surface area contributed by atoms with Crippen molar-refractivity contribution in [1.29, 1.82) is 5.26 Å². The average molecular weight is 328 g/mol. The molecule has 0 spiro atoms. The molecule has 0 radical (unpaired) electrons. The lowest BCUT2D eigenvalue weighted by atomic mass is 9.94. The summed E-state index contributed by atoms with van der Waals surface area (Å²) in [5.41, 5.74) is 5.49. The first kappa shape index (κ1) is 15.6. The summed E-state index contributed by atoms with van der Waals surface area (Å²) in [4.78, 5) is 10.4. The maximum absolute atomic E-state index is 9.25. The second kappa shape index (κ2) is 6.92. The van der Waals surface area contributed by atoms with E-state index in [-0.39, 0.29) is 6.04 Å². The number of aromatic amines is 1. The summed E-state index contributed by atoms with van der Waals surface area (Å²) < 4.78 is 0. The maximum Gasteiger partial charge on any atom is 0.0991 e. The van der Waals surface area contributed by atoms with Gasteiger partial charge in [-0.3, -0.25) is 4.90 Å². The third-order valence-corrected chi connectivity index (χ3v) is 4.89. The Balaban J connectivity index is 1.64. The van der Waals surface area contributed by atoms with Gasteiger partial charge in [-0.05, 0) is 29.7 Å². The molecule has 1 atom stereocenters. The Morgan fingerprint density at radius 2 is 2.04 bits per heavy atom. The Bertz CT molecular complexity index is 892. The molecule has 0 bridgehead atoms. The fourth-order valence-corrected chi connectivity index (χ4v) is 3.63. The van der Waals surface area contributed by atoms with Crippen molar-refractivity contribution in [3.05, 3.63) is 89.0 Å². The Labute approximate surface area is 147 Å². The van der Waals surface area contributed by atoms with Crippen LogP contribution in [0.5, 0.6) is 0 Å². The molecule has 0 fully saturated rings. The monoisotopic (exact) mass is 328 g/mol. The SMILES string of the molecule is N#Cc1cccc([C@H]2c3nc[nH]c3CCN2CCc2ccccc2)c1. The molecule has 4 rings (SSSR count). The van der Waals surface area contributed by atoms with Crippen LogP contribution in [0, 0.1) is 11.3 Å². The molecule has 0 aliphatic carbocycles. The number of imidazole rings is 1. The maximum atomic E-state index is 9.25. The minimum atomic E-state index is 0.104. The lowest BCUT2D eigenvalue weighted by Crippen LogP contribution is -2.37. The minimum Gasteiger partial charge on any atom is -0.348 e. The molecular weight excluding hydrogens is 308 g/mol. The molecule has 2 aromatic carbocycles. The number of nitriles is 1. The van der Waals surface area contributed by atoms with Gasteiger partial charge in [-0.2, -0.15) is 5.26 Å². The van der Waals surface area contributed by atoms with E-state index in [9.17, 15) is 5.26 Å². The van der Waals surface area contributed by atoms with E-state index in [1.165, 1.54) is 11.3 Å². The van der Waals surface area contributed by atoms with Crippen LogP contribution in [0.15, 0.2) is 60.9 Å². The average Bonchev–Trinajstić information content (AvgIpc) is 3.15. The zero-order valence-corrected chi connectivity index (χ0v) is 14.0. The van der Waals surface area contributed by atoms with Crippen molar-refractivity contribution >= 4 is 0 Å². The Hall–Kier alpha value is -2.90. The van der Waals surface area contributed by atoms with Crippen LogP contribution in [-0.2, 0) is 12.8 Å². The van der Waals surface area contributed by atoms with Gasteiger partial charge >= 0.3 is 0 Å². The zero-order chi connectivity index (χ0) is 17.1. The standard InChI is InChI=1S/C21H20N4/c22-14-17-7-4-8-18(13-17)21-20-19(23-15-24-20)10-12-25(21)11-9-16-5-2-1-3-6-16/h1-8,13,15,21H,9-12H2,(H,23,24)/t21-/m0/s1. The van der Waals surface area contributed by atoms with E-state index in [0.29, 0.717) is 5.56 Å². The molecule has 2 heterocycles. The largest absolute Gasteiger partial charge is 0.348 e. The van der Waals surface area contributed by atoms with Crippen LogP contribution < -0.4 is 0 Å². The van der Waals surface area contributed by atoms with Gasteiger partial charge in [0.15, 0.2) is 0 Å². The first-order chi connectivity index (χ1) is 12.3. The predicted octanol–water partition coefficient (Wildman–Crippen LogP) is 3.47. The van der Waals surface area contributed by atoms with Crippen LogP contribution in [0.25, 0.3) is 0 Å². The van der Waals surface area contributed by atoms with Crippen LogP contribution in [-0.4, -0.2) is 28.0 Å². The first-order valence-electron chi connectivity index (χ1n) is 8.65. The highest BCUT2D eigenvalue weighted by molar-refractivity contribution is 5.39. The minimum absolute atomic E-state index is 0.104. The zero-order valence-electron chi connectivity index (χ0n) is 14.0. The highest BCUT2D eigenvalue weighted by Gasteiger charge is 2.30. The summed E-state index contributed by atoms with van der Waals surface area (Å²) in [5, 5.41) is 9.25. The van der Waals surface area contributed by atoms with Crippen LogP contribution >= 0.6 is 0 Å².